The highest BCUT2D eigenvalue weighted by molar-refractivity contribution is 14.0. The highest BCUT2D eigenvalue weighted by Gasteiger charge is 2.39. The fraction of sp³-hybridized carbons (Fsp3) is 0.774. The number of carbonyl (C=O) groups is 2. The Morgan fingerprint density at radius 2 is 1.50 bits per heavy atom. The van der Waals surface area contributed by atoms with Gasteiger partial charge in [0.1, 0.15) is 18.3 Å². The van der Waals surface area contributed by atoms with Crippen LogP contribution in [0.5, 0.6) is 0 Å². The third kappa shape index (κ3) is 17.9. The van der Waals surface area contributed by atoms with Gasteiger partial charge in [-0.15, -0.1) is 24.0 Å². The van der Waals surface area contributed by atoms with Crippen molar-refractivity contribution in [2.24, 2.45) is 0 Å². The normalized spacial score (nSPS) is 18.1. The maximum atomic E-state index is 12.2. The number of rotatable bonds is 21. The van der Waals surface area contributed by atoms with Crippen molar-refractivity contribution < 1.29 is 23.8 Å². The van der Waals surface area contributed by atoms with Gasteiger partial charge in [-0.2, -0.15) is 0 Å². The number of alkyl carbamates (subject to hydrolysis) is 2. The van der Waals surface area contributed by atoms with Crippen LogP contribution in [0.25, 0.3) is 0 Å². The molecule has 2 atom stereocenters. The first-order chi connectivity index (χ1) is 19.0. The molecule has 1 saturated heterocycles. The van der Waals surface area contributed by atoms with Crippen molar-refractivity contribution in [2.75, 3.05) is 19.8 Å². The van der Waals surface area contributed by atoms with E-state index in [1.54, 1.807) is 6.20 Å². The van der Waals surface area contributed by atoms with Crippen LogP contribution in [0.2, 0.25) is 0 Å². The molecule has 0 bridgehead atoms. The zero-order valence-electron chi connectivity index (χ0n) is 24.9. The number of unbranched alkanes of at least 4 members (excludes halogenated alkanes) is 14. The molecule has 1 aromatic rings. The zero-order chi connectivity index (χ0) is 28.0. The summed E-state index contributed by atoms with van der Waals surface area (Å²) in [6, 6.07) is 5.51. The number of hydrogen-bond donors (Lipinski definition) is 2. The van der Waals surface area contributed by atoms with Gasteiger partial charge in [-0.25, -0.2) is 9.59 Å². The standard InChI is InChI=1S/C31H53N3O5.HI/c1-3-4-5-6-7-8-9-10-11-12-13-14-15-16-18-22-33-30(36)39-28-23-31(2,38-25-28)26-37-29(35)34-24-27-20-17-19-21-32-27;/h17,19-21,28H,3-16,18,22-26H2,1-2H3,(H,33,36)(H,34,35);1H. The summed E-state index contributed by atoms with van der Waals surface area (Å²) in [5.74, 6) is 0. The van der Waals surface area contributed by atoms with Crippen molar-refractivity contribution in [2.45, 2.75) is 135 Å². The zero-order valence-corrected chi connectivity index (χ0v) is 27.3. The number of hydrogen-bond acceptors (Lipinski definition) is 6. The SMILES string of the molecule is CCCCCCCCCCCCCCCCCNC(=O)OC1COC(C)(COC(=O)NCc2ccccn2)C1.I. The van der Waals surface area contributed by atoms with E-state index < -0.39 is 17.8 Å². The minimum Gasteiger partial charge on any atom is -0.446 e. The maximum Gasteiger partial charge on any atom is 0.407 e. The van der Waals surface area contributed by atoms with Gasteiger partial charge in [-0.05, 0) is 25.5 Å². The lowest BCUT2D eigenvalue weighted by Gasteiger charge is -2.22. The Balaban J connectivity index is 0.00000800. The second-order valence-corrected chi connectivity index (χ2v) is 11.1. The van der Waals surface area contributed by atoms with Gasteiger partial charge >= 0.3 is 12.2 Å². The van der Waals surface area contributed by atoms with Crippen LogP contribution in [0.1, 0.15) is 122 Å². The van der Waals surface area contributed by atoms with E-state index in [4.69, 9.17) is 14.2 Å². The number of nitrogens with zero attached hydrogens (tertiary/aromatic N) is 1. The average Bonchev–Trinajstić information content (AvgIpc) is 3.31. The molecule has 0 spiro atoms. The van der Waals surface area contributed by atoms with Crippen molar-refractivity contribution in [1.29, 1.82) is 0 Å². The van der Waals surface area contributed by atoms with E-state index in [1.165, 1.54) is 83.5 Å². The summed E-state index contributed by atoms with van der Waals surface area (Å²) < 4.78 is 16.6. The fourth-order valence-corrected chi connectivity index (χ4v) is 4.88. The number of pyridine rings is 1. The molecule has 2 heterocycles. The molecule has 2 amide bonds. The molecule has 2 unspecified atom stereocenters. The number of ether oxygens (including phenoxy) is 3. The number of aromatic nitrogens is 1. The van der Waals surface area contributed by atoms with E-state index in [0.29, 0.717) is 26.1 Å². The van der Waals surface area contributed by atoms with Crippen LogP contribution < -0.4 is 10.6 Å². The molecule has 1 aromatic heterocycles. The minimum absolute atomic E-state index is 0. The van der Waals surface area contributed by atoms with E-state index in [-0.39, 0.29) is 36.7 Å². The van der Waals surface area contributed by atoms with Gasteiger partial charge < -0.3 is 24.8 Å². The third-order valence-electron chi connectivity index (χ3n) is 7.25. The molecular weight excluding hydrogens is 621 g/mol. The van der Waals surface area contributed by atoms with Gasteiger partial charge in [0.25, 0.3) is 0 Å². The molecule has 8 nitrogen and oxygen atoms in total. The second-order valence-electron chi connectivity index (χ2n) is 11.1. The Hall–Kier alpha value is -1.62. The quantitative estimate of drug-likeness (QED) is 0.101. The Morgan fingerprint density at radius 1 is 0.900 bits per heavy atom. The molecule has 230 valence electrons. The van der Waals surface area contributed by atoms with E-state index in [9.17, 15) is 9.59 Å². The molecule has 1 aliphatic heterocycles. The molecule has 0 saturated carbocycles. The molecule has 0 aliphatic carbocycles. The van der Waals surface area contributed by atoms with Crippen molar-refractivity contribution in [3.8, 4) is 0 Å². The summed E-state index contributed by atoms with van der Waals surface area (Å²) >= 11 is 0. The first-order valence-electron chi connectivity index (χ1n) is 15.4. The monoisotopic (exact) mass is 675 g/mol. The van der Waals surface area contributed by atoms with E-state index in [1.807, 2.05) is 25.1 Å². The molecule has 1 aliphatic rings. The van der Waals surface area contributed by atoms with Crippen molar-refractivity contribution in [3.05, 3.63) is 30.1 Å². The van der Waals surface area contributed by atoms with Crippen LogP contribution in [-0.4, -0.2) is 48.6 Å². The van der Waals surface area contributed by atoms with Crippen molar-refractivity contribution in [3.63, 3.8) is 0 Å². The van der Waals surface area contributed by atoms with Crippen LogP contribution in [0, 0.1) is 0 Å². The maximum absolute atomic E-state index is 12.2. The van der Waals surface area contributed by atoms with E-state index in [2.05, 4.69) is 22.5 Å². The summed E-state index contributed by atoms with van der Waals surface area (Å²) in [5.41, 5.74) is 0.0724. The smallest absolute Gasteiger partial charge is 0.407 e. The van der Waals surface area contributed by atoms with Crippen molar-refractivity contribution >= 4 is 36.2 Å². The van der Waals surface area contributed by atoms with Gasteiger partial charge in [-0.1, -0.05) is 103 Å². The van der Waals surface area contributed by atoms with Crippen molar-refractivity contribution in [1.82, 2.24) is 15.6 Å². The molecule has 0 radical (unpaired) electrons. The Kier molecular flexibility index (Phi) is 20.9. The molecule has 40 heavy (non-hydrogen) atoms. The van der Waals surface area contributed by atoms with Gasteiger partial charge in [0.2, 0.25) is 0 Å². The summed E-state index contributed by atoms with van der Waals surface area (Å²) in [4.78, 5) is 28.3. The van der Waals surface area contributed by atoms with Crippen LogP contribution in [-0.2, 0) is 20.8 Å². The fourth-order valence-electron chi connectivity index (χ4n) is 4.88. The van der Waals surface area contributed by atoms with E-state index >= 15 is 0 Å². The van der Waals surface area contributed by atoms with Gasteiger partial charge in [-0.3, -0.25) is 4.98 Å². The predicted octanol–water partition coefficient (Wildman–Crippen LogP) is 8.07. The molecular formula is C31H54IN3O5. The predicted molar refractivity (Wildman–Crippen MR) is 170 cm³/mol. The molecule has 0 aromatic carbocycles. The largest absolute Gasteiger partial charge is 0.446 e. The first kappa shape index (κ1) is 36.4. The Labute approximate surface area is 259 Å². The highest BCUT2D eigenvalue weighted by atomic mass is 127. The van der Waals surface area contributed by atoms with Gasteiger partial charge in [0.05, 0.1) is 18.8 Å². The molecule has 2 N–H and O–H groups in total. The number of carbonyl (C=O) groups excluding carboxylic acids is 2. The lowest BCUT2D eigenvalue weighted by atomic mass is 10.0. The topological polar surface area (TPSA) is 98.8 Å². The Morgan fingerprint density at radius 3 is 2.08 bits per heavy atom. The average molecular weight is 676 g/mol. The van der Waals surface area contributed by atoms with Crippen LogP contribution in [0.3, 0.4) is 0 Å². The molecule has 9 heteroatoms. The third-order valence-corrected chi connectivity index (χ3v) is 7.25. The van der Waals surface area contributed by atoms with Crippen LogP contribution >= 0.6 is 24.0 Å². The first-order valence-corrected chi connectivity index (χ1v) is 15.4. The summed E-state index contributed by atoms with van der Waals surface area (Å²) in [6.45, 7) is 5.43. The van der Waals surface area contributed by atoms with Crippen LogP contribution in [0.15, 0.2) is 24.4 Å². The highest BCUT2D eigenvalue weighted by Crippen LogP contribution is 2.28. The minimum atomic E-state index is -0.679. The van der Waals surface area contributed by atoms with Gasteiger partial charge in [0, 0.05) is 19.2 Å². The lowest BCUT2D eigenvalue weighted by Crippen LogP contribution is -2.35. The molecule has 2 rings (SSSR count). The lowest BCUT2D eigenvalue weighted by molar-refractivity contribution is -0.0310. The van der Waals surface area contributed by atoms with E-state index in [0.717, 1.165) is 18.5 Å². The number of nitrogens with one attached hydrogen (secondary N) is 2. The number of amides is 2. The Bertz CT molecular complexity index is 785. The summed E-state index contributed by atoms with van der Waals surface area (Å²) in [7, 11) is 0. The van der Waals surface area contributed by atoms with Crippen LogP contribution in [0.4, 0.5) is 9.59 Å². The summed E-state index contributed by atoms with van der Waals surface area (Å²) in [5, 5.41) is 5.52. The number of halogens is 1. The summed E-state index contributed by atoms with van der Waals surface area (Å²) in [6.07, 6.45) is 20.7. The van der Waals surface area contributed by atoms with Gasteiger partial charge in [0.15, 0.2) is 0 Å². The second kappa shape index (κ2) is 23.0. The molecule has 1 fully saturated rings.